The predicted octanol–water partition coefficient (Wildman–Crippen LogP) is -3.36. The number of hydrogen-bond acceptors (Lipinski definition) is 30. The summed E-state index contributed by atoms with van der Waals surface area (Å²) in [7, 11) is -22.3. The second-order valence-electron chi connectivity index (χ2n) is 18.0. The summed E-state index contributed by atoms with van der Waals surface area (Å²) in [5.41, 5.74) is 15.4. The molecule has 3 aliphatic rings. The van der Waals surface area contributed by atoms with Gasteiger partial charge in [0.1, 0.15) is 60.7 Å². The van der Waals surface area contributed by atoms with Crippen molar-refractivity contribution in [3.8, 4) is 0 Å². The van der Waals surface area contributed by atoms with Gasteiger partial charge in [0.05, 0.1) is 45.6 Å². The summed E-state index contributed by atoms with van der Waals surface area (Å²) >= 11 is 0. The number of esters is 1. The third-order valence-corrected chi connectivity index (χ3v) is 17.2. The fraction of sp³-hybridized carbons (Fsp3) is 0.556. The van der Waals surface area contributed by atoms with Crippen LogP contribution in [0.2, 0.25) is 0 Å². The first-order chi connectivity index (χ1) is 37.4. The molecule has 0 spiro atoms. The molecule has 9 rings (SSSR count). The minimum atomic E-state index is -6.26. The maximum absolute atomic E-state index is 14.0. The first-order valence-corrected chi connectivity index (χ1v) is 29.0. The molecule has 15 N–H and O–H groups in total. The number of nitrogen functional groups attached to an aromatic ring is 3. The molecule has 6 aromatic rings. The van der Waals surface area contributed by atoms with Crippen LogP contribution in [0, 0.1) is 0 Å². The van der Waals surface area contributed by atoms with Crippen LogP contribution in [0.4, 0.5) is 17.7 Å². The number of ether oxygens (including phenoxy) is 5. The number of aryl methyl sites for hydroxylation is 1. The molecule has 40 nitrogen and oxygen atoms in total. The van der Waals surface area contributed by atoms with Gasteiger partial charge in [0.2, 0.25) is 17.7 Å². The third-order valence-electron chi connectivity index (χ3n) is 12.0. The van der Waals surface area contributed by atoms with Crippen molar-refractivity contribution in [1.29, 1.82) is 0 Å². The van der Waals surface area contributed by atoms with E-state index in [-0.39, 0.29) is 51.2 Å². The number of hydrogen-bond donors (Lipinski definition) is 12. The monoisotopic (exact) mass is 1220 g/mol. The number of aliphatic hydroxyl groups is 3. The number of rotatable bonds is 21. The van der Waals surface area contributed by atoms with Crippen LogP contribution in [0.5, 0.6) is 0 Å². The molecule has 0 saturated carbocycles. The van der Waals surface area contributed by atoms with E-state index in [1.807, 2.05) is 0 Å². The summed E-state index contributed by atoms with van der Waals surface area (Å²) in [4.78, 5) is 109. The van der Waals surface area contributed by atoms with Crippen LogP contribution in [0.15, 0.2) is 34.9 Å². The highest BCUT2D eigenvalue weighted by atomic mass is 31.3. The number of carbonyl (C=O) groups excluding carboxylic acids is 1. The van der Waals surface area contributed by atoms with Crippen molar-refractivity contribution in [2.75, 3.05) is 37.0 Å². The molecule has 3 saturated heterocycles. The molecule has 3 aliphatic heterocycles. The lowest BCUT2D eigenvalue weighted by atomic mass is 10.1. The van der Waals surface area contributed by atoms with E-state index in [1.165, 1.54) is 17.9 Å². The highest BCUT2D eigenvalue weighted by Crippen LogP contribution is 2.68. The fourth-order valence-electron chi connectivity index (χ4n) is 8.82. The van der Waals surface area contributed by atoms with Gasteiger partial charge in [-0.05, 0) is 13.8 Å². The van der Waals surface area contributed by atoms with Gasteiger partial charge in [-0.15, -0.1) is 0 Å². The van der Waals surface area contributed by atoms with Crippen LogP contribution in [-0.2, 0) is 80.5 Å². The average molecular weight is 1220 g/mol. The smallest absolute Gasteiger partial charge is 0.455 e. The van der Waals surface area contributed by atoms with Gasteiger partial charge in [0.25, 0.3) is 17.1 Å². The van der Waals surface area contributed by atoms with Gasteiger partial charge in [0, 0.05) is 6.92 Å². The van der Waals surface area contributed by atoms with Crippen molar-refractivity contribution < 1.29 is 113 Å². The number of anilines is 3. The first kappa shape index (κ1) is 59.0. The molecule has 16 unspecified atom stereocenters. The number of phosphoric ester groups is 3. The Morgan fingerprint density at radius 3 is 1.94 bits per heavy atom. The van der Waals surface area contributed by atoms with Gasteiger partial charge >= 0.3 is 42.9 Å². The van der Waals surface area contributed by atoms with Crippen molar-refractivity contribution >= 4 is 88.5 Å². The average Bonchev–Trinajstić information content (AvgIpc) is 4.40. The van der Waals surface area contributed by atoms with Crippen molar-refractivity contribution in [1.82, 2.24) is 53.6 Å². The first-order valence-electron chi connectivity index (χ1n) is 23.0. The Morgan fingerprint density at radius 2 is 1.29 bits per heavy atom. The number of phosphoric acid groups is 4. The number of nitrogens with zero attached hydrogens (tertiary/aromatic N) is 10. The Hall–Kier alpha value is -5.64. The SMILES string of the molecule is CC(=O)OC1C(OP(=O)(O)OCC2OC(n3cnc4c(=O)[nH]c(N)nc43)C(O)C2OC(C)C)C(COP(=O)(O)OP(=O)(O)OP(=O)(O)OCC2OC([n+]3cn(C)c4c(=O)[nH]c(N)nc43)C(O)C2O)OC1n1cnc2c(N)ncnc21. The zero-order valence-electron chi connectivity index (χ0n) is 41.4. The molecule has 3 fully saturated rings. The fourth-order valence-corrected chi connectivity index (χ4v) is 13.3. The van der Waals surface area contributed by atoms with Crippen LogP contribution in [0.25, 0.3) is 33.5 Å². The van der Waals surface area contributed by atoms with Crippen LogP contribution < -0.4 is 32.9 Å². The Morgan fingerprint density at radius 1 is 0.713 bits per heavy atom. The number of nitrogens with one attached hydrogen (secondary N) is 2. The Labute approximate surface area is 444 Å². The summed E-state index contributed by atoms with van der Waals surface area (Å²) < 4.78 is 116. The summed E-state index contributed by atoms with van der Waals surface area (Å²) in [5.74, 6) is -1.83. The lowest BCUT2D eigenvalue weighted by Crippen LogP contribution is -2.46. The van der Waals surface area contributed by atoms with Gasteiger partial charge in [0.15, 0.2) is 47.5 Å². The van der Waals surface area contributed by atoms with Crippen LogP contribution in [0.3, 0.4) is 0 Å². The summed E-state index contributed by atoms with van der Waals surface area (Å²) in [5, 5.41) is 33.0. The number of fused-ring (bicyclic) bond motifs is 3. The second kappa shape index (κ2) is 22.3. The quantitative estimate of drug-likeness (QED) is 0.0190. The van der Waals surface area contributed by atoms with Crippen molar-refractivity contribution in [2.24, 2.45) is 7.05 Å². The maximum atomic E-state index is 14.0. The zero-order chi connectivity index (χ0) is 58.1. The van der Waals surface area contributed by atoms with Crippen LogP contribution in [0.1, 0.15) is 39.5 Å². The number of aromatic nitrogens is 12. The molecule has 0 bridgehead atoms. The van der Waals surface area contributed by atoms with E-state index in [0.29, 0.717) is 0 Å². The Bertz CT molecular complexity index is 3650. The molecule has 0 aromatic carbocycles. The molecule has 0 radical (unpaired) electrons. The number of carbonyl (C=O) groups is 1. The third kappa shape index (κ3) is 12.3. The van der Waals surface area contributed by atoms with Gasteiger partial charge in [-0.2, -0.15) is 13.6 Å². The minimum absolute atomic E-state index is 0.0240. The summed E-state index contributed by atoms with van der Waals surface area (Å²) in [6.45, 7) is 0.674. The molecular weight excluding hydrogens is 1170 g/mol. The molecular formula is C36H50N15O25P4+. The van der Waals surface area contributed by atoms with Crippen molar-refractivity contribution in [2.45, 2.75) is 100 Å². The molecule has 16 atom stereocenters. The number of H-pyrrole nitrogens is 2. The van der Waals surface area contributed by atoms with Crippen molar-refractivity contribution in [3.05, 3.63) is 46.0 Å². The normalized spacial score (nSPS) is 29.3. The number of aromatic amines is 2. The van der Waals surface area contributed by atoms with E-state index >= 15 is 0 Å². The summed E-state index contributed by atoms with van der Waals surface area (Å²) in [6, 6.07) is 0. The molecule has 0 aliphatic carbocycles. The minimum Gasteiger partial charge on any atom is -0.455 e. The van der Waals surface area contributed by atoms with E-state index in [1.54, 1.807) is 13.8 Å². The van der Waals surface area contributed by atoms with E-state index in [2.05, 4.69) is 48.5 Å². The molecule has 44 heteroatoms. The predicted molar refractivity (Wildman–Crippen MR) is 258 cm³/mol. The van der Waals surface area contributed by atoms with E-state index in [4.69, 9.17) is 59.0 Å². The maximum Gasteiger partial charge on any atom is 0.490 e. The molecule has 9 heterocycles. The molecule has 0 amide bonds. The van der Waals surface area contributed by atoms with E-state index in [0.717, 1.165) is 39.6 Å². The molecule has 6 aromatic heterocycles. The van der Waals surface area contributed by atoms with E-state index in [9.17, 15) is 67.5 Å². The van der Waals surface area contributed by atoms with Crippen LogP contribution in [-0.4, -0.2) is 175 Å². The van der Waals surface area contributed by atoms with Crippen molar-refractivity contribution in [3.63, 3.8) is 0 Å². The zero-order valence-corrected chi connectivity index (χ0v) is 45.0. The van der Waals surface area contributed by atoms with E-state index < -0.39 is 148 Å². The lowest BCUT2D eigenvalue weighted by molar-refractivity contribution is -0.745. The largest absolute Gasteiger partial charge is 0.490 e. The molecule has 438 valence electrons. The number of aliphatic hydroxyl groups excluding tert-OH is 3. The van der Waals surface area contributed by atoms with Gasteiger partial charge in [-0.3, -0.25) is 56.1 Å². The molecule has 80 heavy (non-hydrogen) atoms. The number of nitrogens with two attached hydrogens (primary N) is 3. The van der Waals surface area contributed by atoms with Gasteiger partial charge < -0.3 is 75.8 Å². The number of imidazole rings is 3. The van der Waals surface area contributed by atoms with Gasteiger partial charge in [-0.1, -0.05) is 4.98 Å². The second-order valence-corrected chi connectivity index (χ2v) is 24.0. The van der Waals surface area contributed by atoms with Crippen LogP contribution >= 0.6 is 31.3 Å². The highest BCUT2D eigenvalue weighted by molar-refractivity contribution is 7.66. The topological polar surface area (TPSA) is 568 Å². The lowest BCUT2D eigenvalue weighted by Gasteiger charge is -2.27. The Balaban J connectivity index is 0.899. The highest BCUT2D eigenvalue weighted by Gasteiger charge is 2.55. The standard InChI is InChI=1S/C36H49N15O25P4/c1-12(2)69-23-15(72-33(22(23)55)50-10-43-18-28(50)44-35(38)46-30(18)56)6-66-77(58,59)74-24-16(73-34(25(24)70-13(3)52)49-9-42-17-26(37)40-8-41-27(17)49)7-68-79(62,63)76-80(64,65)75-78(60,61)67-5-14-20(53)21(54)32(71-14)51-11-48(4)19-29(51)45-36(39)47-31(19)57/h8-12,14-16,20-25,32-34,53-55H,5-7H2,1-4H3,(H11-,37,38,39,40,41,44,45,46,47,56,57,58,59,60,61,62,63,64,65)/p+1. The summed E-state index contributed by atoms with van der Waals surface area (Å²) in [6.07, 6.45) is -16.5. The Kier molecular flexibility index (Phi) is 16.4. The van der Waals surface area contributed by atoms with Gasteiger partial charge in [-0.25, -0.2) is 42.8 Å².